The van der Waals surface area contributed by atoms with Crippen LogP contribution in [0.4, 0.5) is 5.69 Å². The van der Waals surface area contributed by atoms with E-state index < -0.39 is 5.91 Å². The third-order valence-corrected chi connectivity index (χ3v) is 4.49. The SMILES string of the molecule is Cc1ccc(OCC(=O)NC(=S)Nc2cc(-c3ccc(CO)o3)ccc2Cl)cc1. The standard InChI is InChI=1S/C21H19ClN2O4S/c1-13-2-5-15(6-3-13)27-12-20(26)24-21(29)23-18-10-14(4-8-17(18)22)19-9-7-16(11-25)28-19/h2-10,25H,11-12H2,1H3,(H2,23,24,26,29). The Morgan fingerprint density at radius 3 is 2.62 bits per heavy atom. The van der Waals surface area contributed by atoms with Gasteiger partial charge in [0.25, 0.3) is 5.91 Å². The summed E-state index contributed by atoms with van der Waals surface area (Å²) < 4.78 is 11.0. The highest BCUT2D eigenvalue weighted by Gasteiger charge is 2.11. The van der Waals surface area contributed by atoms with Crippen LogP contribution in [0.15, 0.2) is 59.0 Å². The molecule has 1 heterocycles. The molecule has 0 fully saturated rings. The van der Waals surface area contributed by atoms with E-state index in [0.29, 0.717) is 28.0 Å². The van der Waals surface area contributed by atoms with Crippen molar-refractivity contribution in [2.24, 2.45) is 0 Å². The van der Waals surface area contributed by atoms with Crippen molar-refractivity contribution >= 4 is 40.5 Å². The third kappa shape index (κ3) is 5.80. The number of aliphatic hydroxyl groups excluding tert-OH is 1. The van der Waals surface area contributed by atoms with E-state index in [2.05, 4.69) is 10.6 Å². The first-order valence-corrected chi connectivity index (χ1v) is 9.53. The van der Waals surface area contributed by atoms with E-state index in [1.807, 2.05) is 19.1 Å². The summed E-state index contributed by atoms with van der Waals surface area (Å²) in [6, 6.07) is 16.0. The topological polar surface area (TPSA) is 83.7 Å². The van der Waals surface area contributed by atoms with Gasteiger partial charge in [-0.2, -0.15) is 0 Å². The molecular weight excluding hydrogens is 412 g/mol. The van der Waals surface area contributed by atoms with Crippen molar-refractivity contribution in [1.29, 1.82) is 0 Å². The summed E-state index contributed by atoms with van der Waals surface area (Å²) in [5.74, 6) is 1.24. The summed E-state index contributed by atoms with van der Waals surface area (Å²) in [5, 5.41) is 15.1. The summed E-state index contributed by atoms with van der Waals surface area (Å²) >= 11 is 11.4. The Morgan fingerprint density at radius 1 is 1.17 bits per heavy atom. The van der Waals surface area contributed by atoms with Crippen molar-refractivity contribution in [2.45, 2.75) is 13.5 Å². The summed E-state index contributed by atoms with van der Waals surface area (Å²) in [6.07, 6.45) is 0. The highest BCUT2D eigenvalue weighted by atomic mass is 35.5. The Balaban J connectivity index is 1.58. The molecule has 2 aromatic carbocycles. The molecule has 1 aromatic heterocycles. The first kappa shape index (κ1) is 20.9. The fourth-order valence-corrected chi connectivity index (χ4v) is 2.88. The second-order valence-electron chi connectivity index (χ2n) is 6.22. The minimum absolute atomic E-state index is 0.0945. The Bertz CT molecular complexity index is 1020. The van der Waals surface area contributed by atoms with Crippen molar-refractivity contribution in [3.05, 3.63) is 70.9 Å². The summed E-state index contributed by atoms with van der Waals surface area (Å²) in [5.41, 5.74) is 2.36. The number of benzene rings is 2. The Labute approximate surface area is 178 Å². The van der Waals surface area contributed by atoms with Crippen LogP contribution in [-0.4, -0.2) is 22.7 Å². The Morgan fingerprint density at radius 2 is 1.93 bits per heavy atom. The normalized spacial score (nSPS) is 10.4. The van der Waals surface area contributed by atoms with Crippen molar-refractivity contribution in [2.75, 3.05) is 11.9 Å². The molecule has 0 atom stereocenters. The molecule has 6 nitrogen and oxygen atoms in total. The molecule has 0 bridgehead atoms. The number of nitrogens with one attached hydrogen (secondary N) is 2. The number of halogens is 1. The average molecular weight is 431 g/mol. The van der Waals surface area contributed by atoms with Gasteiger partial charge in [-0.15, -0.1) is 0 Å². The number of carbonyl (C=O) groups excluding carboxylic acids is 1. The monoisotopic (exact) mass is 430 g/mol. The average Bonchev–Trinajstić information content (AvgIpc) is 3.18. The lowest BCUT2D eigenvalue weighted by molar-refractivity contribution is -0.121. The lowest BCUT2D eigenvalue weighted by atomic mass is 10.1. The maximum atomic E-state index is 12.1. The minimum atomic E-state index is -0.394. The van der Waals surface area contributed by atoms with Crippen LogP contribution < -0.4 is 15.4 Å². The molecule has 3 aromatic rings. The van der Waals surface area contributed by atoms with E-state index in [1.54, 1.807) is 42.5 Å². The van der Waals surface area contributed by atoms with E-state index in [-0.39, 0.29) is 18.3 Å². The van der Waals surface area contributed by atoms with Crippen LogP contribution in [0.3, 0.4) is 0 Å². The van der Waals surface area contributed by atoms with E-state index in [4.69, 9.17) is 38.1 Å². The fraction of sp³-hybridized carbons (Fsp3) is 0.143. The second-order valence-corrected chi connectivity index (χ2v) is 7.04. The number of amides is 1. The van der Waals surface area contributed by atoms with Gasteiger partial charge < -0.3 is 19.6 Å². The van der Waals surface area contributed by atoms with Crippen molar-refractivity contribution in [3.63, 3.8) is 0 Å². The molecule has 3 rings (SSSR count). The fourth-order valence-electron chi connectivity index (χ4n) is 2.49. The molecule has 0 unspecified atom stereocenters. The van der Waals surface area contributed by atoms with Gasteiger partial charge in [0.2, 0.25) is 0 Å². The van der Waals surface area contributed by atoms with E-state index in [0.717, 1.165) is 11.1 Å². The van der Waals surface area contributed by atoms with E-state index in [9.17, 15) is 4.79 Å². The molecule has 0 radical (unpaired) electrons. The first-order valence-electron chi connectivity index (χ1n) is 8.74. The van der Waals surface area contributed by atoms with Crippen molar-refractivity contribution in [1.82, 2.24) is 5.32 Å². The molecule has 0 spiro atoms. The third-order valence-electron chi connectivity index (χ3n) is 3.96. The molecule has 0 aliphatic carbocycles. The number of aryl methyl sites for hydroxylation is 1. The number of hydrogen-bond donors (Lipinski definition) is 3. The molecule has 0 saturated heterocycles. The quantitative estimate of drug-likeness (QED) is 0.506. The zero-order valence-electron chi connectivity index (χ0n) is 15.6. The predicted octanol–water partition coefficient (Wildman–Crippen LogP) is 4.29. The number of rotatable bonds is 6. The lowest BCUT2D eigenvalue weighted by Gasteiger charge is -2.12. The van der Waals surface area contributed by atoms with Crippen LogP contribution in [0.25, 0.3) is 11.3 Å². The van der Waals surface area contributed by atoms with Crippen LogP contribution in [-0.2, 0) is 11.4 Å². The van der Waals surface area contributed by atoms with Crippen LogP contribution in [0, 0.1) is 6.92 Å². The van der Waals surface area contributed by atoms with Crippen LogP contribution >= 0.6 is 23.8 Å². The van der Waals surface area contributed by atoms with Gasteiger partial charge in [-0.3, -0.25) is 10.1 Å². The largest absolute Gasteiger partial charge is 0.484 e. The van der Waals surface area contributed by atoms with Crippen LogP contribution in [0.5, 0.6) is 5.75 Å². The number of ether oxygens (including phenoxy) is 1. The lowest BCUT2D eigenvalue weighted by Crippen LogP contribution is -2.37. The number of hydrogen-bond acceptors (Lipinski definition) is 5. The van der Waals surface area contributed by atoms with Crippen molar-refractivity contribution < 1.29 is 19.1 Å². The molecule has 8 heteroatoms. The van der Waals surface area contributed by atoms with Gasteiger partial charge in [-0.05, 0) is 61.6 Å². The van der Waals surface area contributed by atoms with Gasteiger partial charge in [0.1, 0.15) is 23.9 Å². The zero-order valence-corrected chi connectivity index (χ0v) is 17.1. The van der Waals surface area contributed by atoms with Gasteiger partial charge >= 0.3 is 0 Å². The molecule has 0 saturated carbocycles. The molecule has 0 aliphatic heterocycles. The number of furan rings is 1. The Hall–Kier alpha value is -2.87. The minimum Gasteiger partial charge on any atom is -0.484 e. The summed E-state index contributed by atoms with van der Waals surface area (Å²) in [7, 11) is 0. The summed E-state index contributed by atoms with van der Waals surface area (Å²) in [6.45, 7) is 1.62. The van der Waals surface area contributed by atoms with Gasteiger partial charge in [0, 0.05) is 5.56 Å². The van der Waals surface area contributed by atoms with Gasteiger partial charge in [0.15, 0.2) is 11.7 Å². The maximum absolute atomic E-state index is 12.1. The molecule has 3 N–H and O–H groups in total. The van der Waals surface area contributed by atoms with Crippen molar-refractivity contribution in [3.8, 4) is 17.1 Å². The summed E-state index contributed by atoms with van der Waals surface area (Å²) in [4.78, 5) is 12.1. The van der Waals surface area contributed by atoms with Gasteiger partial charge in [-0.1, -0.05) is 29.3 Å². The van der Waals surface area contributed by atoms with Gasteiger partial charge in [-0.25, -0.2) is 0 Å². The Kier molecular flexibility index (Phi) is 6.87. The van der Waals surface area contributed by atoms with E-state index in [1.165, 1.54) is 0 Å². The molecule has 1 amide bonds. The molecule has 29 heavy (non-hydrogen) atoms. The second kappa shape index (κ2) is 9.56. The highest BCUT2D eigenvalue weighted by molar-refractivity contribution is 7.80. The zero-order chi connectivity index (χ0) is 20.8. The smallest absolute Gasteiger partial charge is 0.264 e. The number of aliphatic hydroxyl groups is 1. The molecule has 0 aliphatic rings. The number of carbonyl (C=O) groups is 1. The highest BCUT2D eigenvalue weighted by Crippen LogP contribution is 2.30. The van der Waals surface area contributed by atoms with Crippen LogP contribution in [0.2, 0.25) is 5.02 Å². The maximum Gasteiger partial charge on any atom is 0.264 e. The molecular formula is C21H19ClN2O4S. The van der Waals surface area contributed by atoms with E-state index >= 15 is 0 Å². The number of thiocarbonyl (C=S) groups is 1. The van der Waals surface area contributed by atoms with Gasteiger partial charge in [0.05, 0.1) is 10.7 Å². The first-order chi connectivity index (χ1) is 13.9. The number of anilines is 1. The molecule has 150 valence electrons. The predicted molar refractivity (Wildman–Crippen MR) is 116 cm³/mol. The van der Waals surface area contributed by atoms with Crippen LogP contribution in [0.1, 0.15) is 11.3 Å².